The van der Waals surface area contributed by atoms with Gasteiger partial charge in [0.15, 0.2) is 0 Å². The third-order valence-electron chi connectivity index (χ3n) is 5.27. The summed E-state index contributed by atoms with van der Waals surface area (Å²) < 4.78 is 54.6. The first-order valence-corrected chi connectivity index (χ1v) is 12.3. The molecule has 0 radical (unpaired) electrons. The van der Waals surface area contributed by atoms with Crippen molar-refractivity contribution in [3.05, 3.63) is 83.9 Å². The molecule has 0 unspecified atom stereocenters. The number of carbonyl (C=O) groups is 1. The summed E-state index contributed by atoms with van der Waals surface area (Å²) in [6.45, 7) is 0.508. The van der Waals surface area contributed by atoms with Crippen LogP contribution in [0.25, 0.3) is 20.9 Å². The van der Waals surface area contributed by atoms with E-state index in [0.717, 1.165) is 33.0 Å². The minimum Gasteiger partial charge on any atom is -0.336 e. The maximum Gasteiger partial charge on any atom is 0.272 e. The maximum absolute atomic E-state index is 14.0. The lowest BCUT2D eigenvalue weighted by molar-refractivity contribution is 0.0812. The lowest BCUT2D eigenvalue weighted by Crippen LogP contribution is -2.18. The predicted octanol–water partition coefficient (Wildman–Crippen LogP) is 4.54. The molecule has 0 bridgehead atoms. The number of benzene rings is 1. The lowest BCUT2D eigenvalue weighted by atomic mass is 10.1. The van der Waals surface area contributed by atoms with Crippen LogP contribution in [0.1, 0.15) is 16.1 Å². The number of rotatable bonds is 5. The molecule has 7 nitrogen and oxygen atoms in total. The van der Waals surface area contributed by atoms with Crippen molar-refractivity contribution >= 4 is 33.0 Å². The molecule has 34 heavy (non-hydrogen) atoms. The first-order chi connectivity index (χ1) is 16.2. The van der Waals surface area contributed by atoms with Gasteiger partial charge in [0, 0.05) is 58.5 Å². The molecule has 0 atom stereocenters. The molecular formula is C23H16F2N4O3S2. The number of pyridine rings is 2. The van der Waals surface area contributed by atoms with E-state index < -0.39 is 26.6 Å². The molecule has 4 heterocycles. The van der Waals surface area contributed by atoms with Crippen molar-refractivity contribution in [2.24, 2.45) is 0 Å². The highest BCUT2D eigenvalue weighted by atomic mass is 32.2. The fourth-order valence-electron chi connectivity index (χ4n) is 3.65. The Hall–Kier alpha value is -3.70. The smallest absolute Gasteiger partial charge is 0.272 e. The molecule has 0 spiro atoms. The largest absolute Gasteiger partial charge is 0.336 e. The molecule has 1 amide bonds. The fraction of sp³-hybridized carbons (Fsp3) is 0.0870. The summed E-state index contributed by atoms with van der Waals surface area (Å²) in [5.74, 6) is -2.15. The van der Waals surface area contributed by atoms with Gasteiger partial charge in [0.2, 0.25) is 0 Å². The molecule has 1 aromatic carbocycles. The van der Waals surface area contributed by atoms with Crippen LogP contribution in [0.5, 0.6) is 0 Å². The van der Waals surface area contributed by atoms with Gasteiger partial charge in [0.25, 0.3) is 15.9 Å². The van der Waals surface area contributed by atoms with Crippen LogP contribution in [0.3, 0.4) is 0 Å². The summed E-state index contributed by atoms with van der Waals surface area (Å²) in [7, 11) is -2.55. The van der Waals surface area contributed by atoms with Gasteiger partial charge in [0.1, 0.15) is 22.2 Å². The zero-order chi connectivity index (χ0) is 24.0. The van der Waals surface area contributed by atoms with Gasteiger partial charge in [-0.05, 0) is 36.4 Å². The van der Waals surface area contributed by atoms with Crippen LogP contribution in [-0.2, 0) is 16.6 Å². The van der Waals surface area contributed by atoms with E-state index in [1.807, 2.05) is 18.2 Å². The van der Waals surface area contributed by atoms with Gasteiger partial charge in [-0.2, -0.15) is 0 Å². The van der Waals surface area contributed by atoms with Gasteiger partial charge in [-0.3, -0.25) is 19.5 Å². The Morgan fingerprint density at radius 1 is 1.00 bits per heavy atom. The van der Waals surface area contributed by atoms with Crippen LogP contribution < -0.4 is 4.72 Å². The number of hydrogen-bond donors (Lipinski definition) is 1. The monoisotopic (exact) mass is 498 g/mol. The molecule has 1 aliphatic heterocycles. The zero-order valence-electron chi connectivity index (χ0n) is 17.6. The van der Waals surface area contributed by atoms with Crippen molar-refractivity contribution in [2.45, 2.75) is 11.4 Å². The van der Waals surface area contributed by atoms with E-state index in [4.69, 9.17) is 0 Å². The molecule has 0 aliphatic carbocycles. The van der Waals surface area contributed by atoms with Gasteiger partial charge in [-0.15, -0.1) is 11.3 Å². The number of aromatic nitrogens is 2. The first kappa shape index (κ1) is 22.1. The van der Waals surface area contributed by atoms with Crippen LogP contribution in [0.4, 0.5) is 14.5 Å². The highest BCUT2D eigenvalue weighted by Crippen LogP contribution is 2.36. The Morgan fingerprint density at radius 2 is 1.74 bits per heavy atom. The van der Waals surface area contributed by atoms with E-state index in [1.165, 1.54) is 17.5 Å². The van der Waals surface area contributed by atoms with E-state index >= 15 is 0 Å². The van der Waals surface area contributed by atoms with E-state index in [9.17, 15) is 22.0 Å². The summed E-state index contributed by atoms with van der Waals surface area (Å²) in [5, 5.41) is 0. The molecule has 5 rings (SSSR count). The number of halogens is 2. The number of hydrogen-bond acceptors (Lipinski definition) is 6. The Labute approximate surface area is 197 Å². The normalized spacial score (nSPS) is 13.3. The summed E-state index contributed by atoms with van der Waals surface area (Å²) >= 11 is 1.46. The average Bonchev–Trinajstić information content (AvgIpc) is 3.38. The number of anilines is 1. The van der Waals surface area contributed by atoms with Gasteiger partial charge >= 0.3 is 0 Å². The molecule has 1 N–H and O–H groups in total. The van der Waals surface area contributed by atoms with Gasteiger partial charge in [-0.1, -0.05) is 0 Å². The molecule has 1 aliphatic rings. The minimum absolute atomic E-state index is 0.0979. The van der Waals surface area contributed by atoms with Crippen molar-refractivity contribution in [3.63, 3.8) is 0 Å². The van der Waals surface area contributed by atoms with Gasteiger partial charge in [0.05, 0.1) is 11.9 Å². The Bertz CT molecular complexity index is 1550. The van der Waals surface area contributed by atoms with E-state index in [1.54, 1.807) is 30.4 Å². The number of fused-ring (bicyclic) bond motifs is 1. The number of carbonyl (C=O) groups excluding carboxylic acids is 1. The van der Waals surface area contributed by atoms with Crippen LogP contribution >= 0.6 is 11.3 Å². The molecule has 0 fully saturated rings. The standard InChI is InChI=1S/C23H16F2N4O3S2/c1-29-12-15-6-13(10-27-22(15)23(29)30)19-3-4-20(33-19)14-7-17(11-26-9-14)28-34(31,32)21-5-2-16(24)8-18(21)25/h2-11,28H,12H2,1H3. The molecule has 3 aromatic heterocycles. The van der Waals surface area contributed by atoms with Crippen molar-refractivity contribution in [2.75, 3.05) is 11.8 Å². The second kappa shape index (κ2) is 8.26. The number of nitrogens with zero attached hydrogens (tertiary/aromatic N) is 3. The SMILES string of the molecule is CN1Cc2cc(-c3ccc(-c4cncc(NS(=O)(=O)c5ccc(F)cc5F)c4)s3)cnc2C1=O. The summed E-state index contributed by atoms with van der Waals surface area (Å²) in [6.07, 6.45) is 4.54. The van der Waals surface area contributed by atoms with E-state index in [2.05, 4.69) is 14.7 Å². The molecule has 0 saturated heterocycles. The molecular weight excluding hydrogens is 482 g/mol. The van der Waals surface area contributed by atoms with Crippen molar-refractivity contribution in [3.8, 4) is 20.9 Å². The van der Waals surface area contributed by atoms with Crippen molar-refractivity contribution in [1.82, 2.24) is 14.9 Å². The Balaban J connectivity index is 1.41. The highest BCUT2D eigenvalue weighted by molar-refractivity contribution is 7.92. The topological polar surface area (TPSA) is 92.3 Å². The molecule has 172 valence electrons. The first-order valence-electron chi connectivity index (χ1n) is 9.99. The summed E-state index contributed by atoms with van der Waals surface area (Å²) in [4.78, 5) is 23.2. The minimum atomic E-state index is -4.28. The number of thiophene rings is 1. The van der Waals surface area contributed by atoms with Gasteiger partial charge in [-0.25, -0.2) is 17.2 Å². The van der Waals surface area contributed by atoms with Crippen LogP contribution in [0.2, 0.25) is 0 Å². The fourth-order valence-corrected chi connectivity index (χ4v) is 5.71. The van der Waals surface area contributed by atoms with Gasteiger partial charge < -0.3 is 4.90 Å². The number of nitrogens with one attached hydrogen (secondary N) is 1. The van der Waals surface area contributed by atoms with Crippen LogP contribution in [-0.4, -0.2) is 36.2 Å². The zero-order valence-corrected chi connectivity index (χ0v) is 19.3. The van der Waals surface area contributed by atoms with Crippen LogP contribution in [0, 0.1) is 11.6 Å². The number of sulfonamides is 1. The molecule has 4 aromatic rings. The van der Waals surface area contributed by atoms with Crippen molar-refractivity contribution < 1.29 is 22.0 Å². The third-order valence-corrected chi connectivity index (χ3v) is 7.87. The van der Waals surface area contributed by atoms with Crippen LogP contribution in [0.15, 0.2) is 66.0 Å². The van der Waals surface area contributed by atoms with E-state index in [0.29, 0.717) is 23.9 Å². The lowest BCUT2D eigenvalue weighted by Gasteiger charge is -2.09. The summed E-state index contributed by atoms with van der Waals surface area (Å²) in [5.41, 5.74) is 2.99. The molecule has 11 heteroatoms. The van der Waals surface area contributed by atoms with E-state index in [-0.39, 0.29) is 11.6 Å². The Kier molecular flexibility index (Phi) is 5.37. The summed E-state index contributed by atoms with van der Waals surface area (Å²) in [6, 6.07) is 9.56. The average molecular weight is 499 g/mol. The number of amides is 1. The van der Waals surface area contributed by atoms with Crippen molar-refractivity contribution in [1.29, 1.82) is 0 Å². The second-order valence-corrected chi connectivity index (χ2v) is 10.4. The quantitative estimate of drug-likeness (QED) is 0.436. The molecule has 0 saturated carbocycles. The second-order valence-electron chi connectivity index (χ2n) is 7.70. The Morgan fingerprint density at radius 3 is 2.47 bits per heavy atom. The third kappa shape index (κ3) is 4.03. The predicted molar refractivity (Wildman–Crippen MR) is 124 cm³/mol. The highest BCUT2D eigenvalue weighted by Gasteiger charge is 2.26. The maximum atomic E-state index is 14.0.